The van der Waals surface area contributed by atoms with E-state index in [-0.39, 0.29) is 35.3 Å². The highest BCUT2D eigenvalue weighted by Crippen LogP contribution is 2.51. The largest absolute Gasteiger partial charge is 0.350 e. The van der Waals surface area contributed by atoms with Crippen LogP contribution in [-0.2, 0) is 28.7 Å². The van der Waals surface area contributed by atoms with Gasteiger partial charge < -0.3 is 15.0 Å². The first-order valence-corrected chi connectivity index (χ1v) is 15.3. The van der Waals surface area contributed by atoms with E-state index in [9.17, 15) is 14.4 Å². The number of ether oxygens (including phenoxy) is 1. The fourth-order valence-corrected chi connectivity index (χ4v) is 8.12. The van der Waals surface area contributed by atoms with Crippen molar-refractivity contribution in [2.75, 3.05) is 30.8 Å². The molecule has 0 radical (unpaired) electrons. The number of amides is 3. The van der Waals surface area contributed by atoms with Crippen LogP contribution in [0.1, 0.15) is 62.7 Å². The van der Waals surface area contributed by atoms with Crippen LogP contribution in [-0.4, -0.2) is 54.4 Å². The van der Waals surface area contributed by atoms with Crippen LogP contribution in [0.15, 0.2) is 36.4 Å². The van der Waals surface area contributed by atoms with Crippen LogP contribution < -0.4 is 10.8 Å². The molecule has 3 amide bonds. The van der Waals surface area contributed by atoms with Gasteiger partial charge in [-0.25, -0.2) is 10.3 Å². The maximum atomic E-state index is 12.9. The molecule has 5 rings (SSSR count). The van der Waals surface area contributed by atoms with E-state index in [0.29, 0.717) is 31.7 Å². The second-order valence-corrected chi connectivity index (χ2v) is 12.7. The Balaban J connectivity index is 1.25. The molecule has 4 heterocycles. The molecular weight excluding hydrogens is 522 g/mol. The van der Waals surface area contributed by atoms with Crippen LogP contribution in [0.5, 0.6) is 0 Å². The maximum Gasteiger partial charge on any atom is 0.245 e. The van der Waals surface area contributed by atoms with Crippen molar-refractivity contribution in [3.63, 3.8) is 0 Å². The third-order valence-electron chi connectivity index (χ3n) is 7.23. The maximum absolute atomic E-state index is 12.9. The number of carbonyl (C=O) groups excluding carboxylic acids is 3. The summed E-state index contributed by atoms with van der Waals surface area (Å²) >= 11 is 3.56. The second-order valence-electron chi connectivity index (χ2n) is 10.1. The van der Waals surface area contributed by atoms with Gasteiger partial charge in [-0.2, -0.15) is 0 Å². The van der Waals surface area contributed by atoms with Crippen molar-refractivity contribution >= 4 is 46.5 Å². The lowest BCUT2D eigenvalue weighted by atomic mass is 9.94. The van der Waals surface area contributed by atoms with Gasteiger partial charge in [0.05, 0.1) is 11.3 Å². The van der Waals surface area contributed by atoms with Gasteiger partial charge in [-0.3, -0.25) is 14.4 Å². The highest BCUT2D eigenvalue weighted by molar-refractivity contribution is 8.00. The van der Waals surface area contributed by atoms with Crippen molar-refractivity contribution in [2.45, 2.75) is 68.8 Å². The van der Waals surface area contributed by atoms with Gasteiger partial charge in [0.2, 0.25) is 17.7 Å². The van der Waals surface area contributed by atoms with Gasteiger partial charge in [0.25, 0.3) is 0 Å². The monoisotopic (exact) mass is 557 g/mol. The lowest BCUT2D eigenvalue weighted by Gasteiger charge is -2.35. The predicted molar refractivity (Wildman–Crippen MR) is 150 cm³/mol. The van der Waals surface area contributed by atoms with E-state index in [4.69, 9.17) is 9.57 Å². The molecule has 8 nitrogen and oxygen atoms in total. The molecule has 2 N–H and O–H groups in total. The van der Waals surface area contributed by atoms with Gasteiger partial charge in [0.1, 0.15) is 0 Å². The van der Waals surface area contributed by atoms with Gasteiger partial charge in [-0.15, -0.1) is 23.1 Å². The SMILES string of the molecule is O=C(C[C@]1(c2ccc(-c3cccc(NC(=O)CN4CCCC4=O)c3)s2)CCCCS1)NOC1CCCCO1. The van der Waals surface area contributed by atoms with Crippen LogP contribution >= 0.6 is 23.1 Å². The summed E-state index contributed by atoms with van der Waals surface area (Å²) in [6, 6.07) is 12.0. The highest BCUT2D eigenvalue weighted by atomic mass is 32.2. The topological polar surface area (TPSA) is 97.0 Å². The fraction of sp³-hybridized carbons (Fsp3) is 0.536. The van der Waals surface area contributed by atoms with Crippen molar-refractivity contribution in [3.05, 3.63) is 41.3 Å². The summed E-state index contributed by atoms with van der Waals surface area (Å²) in [6.45, 7) is 1.40. The molecular formula is C28H35N3O5S2. The first-order valence-electron chi connectivity index (χ1n) is 13.5. The summed E-state index contributed by atoms with van der Waals surface area (Å²) in [5.41, 5.74) is 4.36. The Hall–Kier alpha value is -2.40. The molecule has 0 aliphatic carbocycles. The molecule has 1 unspecified atom stereocenters. The highest BCUT2D eigenvalue weighted by Gasteiger charge is 2.38. The van der Waals surface area contributed by atoms with E-state index in [2.05, 4.69) is 22.9 Å². The number of hydrogen-bond acceptors (Lipinski definition) is 7. The van der Waals surface area contributed by atoms with E-state index < -0.39 is 0 Å². The minimum absolute atomic E-state index is 0.0390. The number of thioether (sulfide) groups is 1. The summed E-state index contributed by atoms with van der Waals surface area (Å²) in [6.07, 6.45) is 7.38. The number of nitrogens with one attached hydrogen (secondary N) is 2. The van der Waals surface area contributed by atoms with Gasteiger partial charge >= 0.3 is 0 Å². The molecule has 3 saturated heterocycles. The number of nitrogens with zero attached hydrogens (tertiary/aromatic N) is 1. The number of thiophene rings is 1. The number of likely N-dealkylation sites (tertiary alicyclic amines) is 1. The second kappa shape index (κ2) is 12.6. The Labute approximate surface area is 231 Å². The van der Waals surface area contributed by atoms with Crippen molar-refractivity contribution in [3.8, 4) is 10.4 Å². The van der Waals surface area contributed by atoms with Gasteiger partial charge in [0.15, 0.2) is 6.29 Å². The molecule has 3 fully saturated rings. The summed E-state index contributed by atoms with van der Waals surface area (Å²) < 4.78 is 5.29. The predicted octanol–water partition coefficient (Wildman–Crippen LogP) is 5.05. The molecule has 38 heavy (non-hydrogen) atoms. The summed E-state index contributed by atoms with van der Waals surface area (Å²) in [7, 11) is 0. The Bertz CT molecular complexity index is 1140. The summed E-state index contributed by atoms with van der Waals surface area (Å²) in [4.78, 5) is 46.7. The smallest absolute Gasteiger partial charge is 0.245 e. The van der Waals surface area contributed by atoms with Crippen LogP contribution in [0.25, 0.3) is 10.4 Å². The normalized spacial score (nSPS) is 23.8. The number of anilines is 1. The summed E-state index contributed by atoms with van der Waals surface area (Å²) in [5, 5.41) is 2.93. The molecule has 2 atom stereocenters. The molecule has 0 bridgehead atoms. The van der Waals surface area contributed by atoms with Crippen LogP contribution in [0.3, 0.4) is 0 Å². The van der Waals surface area contributed by atoms with Gasteiger partial charge in [-0.1, -0.05) is 18.6 Å². The van der Waals surface area contributed by atoms with Gasteiger partial charge in [0, 0.05) is 47.9 Å². The van der Waals surface area contributed by atoms with Gasteiger partial charge in [-0.05, 0) is 67.7 Å². The number of carbonyl (C=O) groups is 3. The Kier molecular flexibility index (Phi) is 9.04. The Morgan fingerprint density at radius 2 is 2.03 bits per heavy atom. The lowest BCUT2D eigenvalue weighted by molar-refractivity contribution is -0.200. The van der Waals surface area contributed by atoms with Crippen molar-refractivity contribution < 1.29 is 24.0 Å². The zero-order valence-electron chi connectivity index (χ0n) is 21.5. The van der Waals surface area contributed by atoms with E-state index in [1.54, 1.807) is 16.2 Å². The molecule has 3 aliphatic heterocycles. The van der Waals surface area contributed by atoms with Crippen LogP contribution in [0.4, 0.5) is 5.69 Å². The molecule has 1 aromatic carbocycles. The molecule has 2 aromatic rings. The fourth-order valence-electron chi connectivity index (χ4n) is 5.24. The molecule has 204 valence electrons. The molecule has 3 aliphatic rings. The zero-order chi connectivity index (χ0) is 26.4. The average molecular weight is 558 g/mol. The first-order chi connectivity index (χ1) is 18.5. The van der Waals surface area contributed by atoms with Crippen molar-refractivity contribution in [1.29, 1.82) is 0 Å². The molecule has 1 aromatic heterocycles. The standard InChI is InChI=1S/C28H35N3O5S2/c32-24(30-36-27-10-1-3-15-35-27)18-28(13-2-4-16-37-28)23-12-11-22(38-23)20-7-5-8-21(17-20)29-25(33)19-31-14-6-9-26(31)34/h5,7-8,11-12,17,27H,1-4,6,9-10,13-16,18-19H2,(H,29,33)(H,30,32)/t27?,28-/m0/s1. The number of rotatable bonds is 9. The van der Waals surface area contributed by atoms with Crippen molar-refractivity contribution in [1.82, 2.24) is 10.4 Å². The Morgan fingerprint density at radius 3 is 2.79 bits per heavy atom. The minimum atomic E-state index is -0.361. The van der Waals surface area contributed by atoms with E-state index in [1.165, 1.54) is 4.88 Å². The van der Waals surface area contributed by atoms with Crippen LogP contribution in [0.2, 0.25) is 0 Å². The molecule has 0 saturated carbocycles. The van der Waals surface area contributed by atoms with Crippen LogP contribution in [0, 0.1) is 0 Å². The third kappa shape index (κ3) is 6.77. The quantitative estimate of drug-likeness (QED) is 0.419. The molecule has 10 heteroatoms. The summed E-state index contributed by atoms with van der Waals surface area (Å²) in [5.74, 6) is 0.754. The lowest BCUT2D eigenvalue weighted by Crippen LogP contribution is -2.37. The van der Waals surface area contributed by atoms with E-state index in [0.717, 1.165) is 61.1 Å². The number of benzene rings is 1. The minimum Gasteiger partial charge on any atom is -0.350 e. The zero-order valence-corrected chi connectivity index (χ0v) is 23.2. The number of hydroxylamine groups is 1. The Morgan fingerprint density at radius 1 is 1.11 bits per heavy atom. The first kappa shape index (κ1) is 27.2. The molecule has 0 spiro atoms. The number of hydrogen-bond donors (Lipinski definition) is 2. The average Bonchev–Trinajstić information content (AvgIpc) is 3.59. The van der Waals surface area contributed by atoms with E-state index >= 15 is 0 Å². The third-order valence-corrected chi connectivity index (χ3v) is 10.3. The van der Waals surface area contributed by atoms with E-state index in [1.807, 2.05) is 36.0 Å². The van der Waals surface area contributed by atoms with Crippen molar-refractivity contribution in [2.24, 2.45) is 0 Å².